The number of nitrogens with zero attached hydrogens (tertiary/aromatic N) is 5. The van der Waals surface area contributed by atoms with E-state index in [2.05, 4.69) is 20.9 Å². The Morgan fingerprint density at radius 2 is 1.89 bits per heavy atom. The Morgan fingerprint density at radius 1 is 1.11 bits per heavy atom. The van der Waals surface area contributed by atoms with Crippen LogP contribution in [0.3, 0.4) is 0 Å². The van der Waals surface area contributed by atoms with Crippen LogP contribution in [-0.4, -0.2) is 58.6 Å². The molecule has 0 bridgehead atoms. The number of piperazine rings is 1. The molecule has 0 N–H and O–H groups in total. The van der Waals surface area contributed by atoms with Gasteiger partial charge in [-0.25, -0.2) is 4.98 Å². The van der Waals surface area contributed by atoms with Crippen LogP contribution in [-0.2, 0) is 11.3 Å². The topological polar surface area (TPSA) is 63.5 Å². The van der Waals surface area contributed by atoms with Crippen LogP contribution in [0.15, 0.2) is 42.6 Å². The number of benzene rings is 1. The number of ether oxygens (including phenoxy) is 1. The van der Waals surface area contributed by atoms with Gasteiger partial charge in [0.1, 0.15) is 18.2 Å². The zero-order valence-electron chi connectivity index (χ0n) is 15.6. The number of anilines is 1. The molecule has 0 unspecified atom stereocenters. The molecular formula is C20H23N5O2. The molecule has 1 aliphatic heterocycles. The van der Waals surface area contributed by atoms with Crippen molar-refractivity contribution in [2.45, 2.75) is 13.5 Å². The first kappa shape index (κ1) is 17.3. The monoisotopic (exact) mass is 365 g/mol. The Labute approximate surface area is 158 Å². The second-order valence-electron chi connectivity index (χ2n) is 6.69. The van der Waals surface area contributed by atoms with E-state index in [0.29, 0.717) is 31.3 Å². The molecule has 0 atom stereocenters. The van der Waals surface area contributed by atoms with Gasteiger partial charge in [-0.05, 0) is 24.4 Å². The van der Waals surface area contributed by atoms with Crippen LogP contribution < -0.4 is 9.64 Å². The van der Waals surface area contributed by atoms with Gasteiger partial charge in [0.25, 0.3) is 0 Å². The summed E-state index contributed by atoms with van der Waals surface area (Å²) in [6.45, 7) is 5.09. The number of carbonyl (C=O) groups is 1. The van der Waals surface area contributed by atoms with Gasteiger partial charge in [-0.2, -0.15) is 4.98 Å². The molecule has 1 fully saturated rings. The van der Waals surface area contributed by atoms with E-state index in [1.54, 1.807) is 7.11 Å². The third-order valence-electron chi connectivity index (χ3n) is 4.95. The minimum atomic E-state index is 0.146. The average Bonchev–Trinajstić information content (AvgIpc) is 3.10. The molecule has 0 saturated carbocycles. The van der Waals surface area contributed by atoms with Crippen LogP contribution in [0.2, 0.25) is 0 Å². The van der Waals surface area contributed by atoms with E-state index in [4.69, 9.17) is 4.74 Å². The number of para-hydroxylation sites is 1. The van der Waals surface area contributed by atoms with Crippen molar-refractivity contribution in [3.8, 4) is 5.88 Å². The lowest BCUT2D eigenvalue weighted by molar-refractivity contribution is -0.132. The molecule has 0 aliphatic carbocycles. The third kappa shape index (κ3) is 3.58. The van der Waals surface area contributed by atoms with Crippen LogP contribution >= 0.6 is 0 Å². The zero-order chi connectivity index (χ0) is 18.8. The van der Waals surface area contributed by atoms with Crippen LogP contribution in [0.1, 0.15) is 5.82 Å². The van der Waals surface area contributed by atoms with Crippen molar-refractivity contribution in [3.05, 3.63) is 48.4 Å². The van der Waals surface area contributed by atoms with E-state index < -0.39 is 0 Å². The molecule has 1 aromatic carbocycles. The predicted molar refractivity (Wildman–Crippen MR) is 104 cm³/mol. The van der Waals surface area contributed by atoms with Crippen molar-refractivity contribution >= 4 is 22.6 Å². The molecule has 1 amide bonds. The normalized spacial score (nSPS) is 14.6. The lowest BCUT2D eigenvalue weighted by Gasteiger charge is -2.35. The molecule has 1 saturated heterocycles. The molecule has 140 valence electrons. The van der Waals surface area contributed by atoms with Gasteiger partial charge in [0.15, 0.2) is 0 Å². The molecule has 3 heterocycles. The second-order valence-corrected chi connectivity index (χ2v) is 6.69. The lowest BCUT2D eigenvalue weighted by atomic mass is 10.2. The van der Waals surface area contributed by atoms with E-state index in [1.165, 1.54) is 0 Å². The van der Waals surface area contributed by atoms with E-state index in [1.807, 2.05) is 52.9 Å². The minimum absolute atomic E-state index is 0.146. The van der Waals surface area contributed by atoms with Crippen molar-refractivity contribution < 1.29 is 9.53 Å². The number of amides is 1. The highest BCUT2D eigenvalue weighted by atomic mass is 16.5. The van der Waals surface area contributed by atoms with E-state index in [-0.39, 0.29) is 5.91 Å². The van der Waals surface area contributed by atoms with E-state index in [9.17, 15) is 4.79 Å². The number of fused-ring (bicyclic) bond motifs is 1. The van der Waals surface area contributed by atoms with Gasteiger partial charge >= 0.3 is 0 Å². The highest BCUT2D eigenvalue weighted by Crippen LogP contribution is 2.19. The lowest BCUT2D eigenvalue weighted by Crippen LogP contribution is -2.49. The smallest absolute Gasteiger partial charge is 0.242 e. The molecule has 27 heavy (non-hydrogen) atoms. The summed E-state index contributed by atoms with van der Waals surface area (Å²) in [6.07, 6.45) is 1.98. The maximum atomic E-state index is 12.7. The van der Waals surface area contributed by atoms with Gasteiger partial charge in [0.05, 0.1) is 7.11 Å². The summed E-state index contributed by atoms with van der Waals surface area (Å²) in [4.78, 5) is 25.6. The quantitative estimate of drug-likeness (QED) is 0.708. The van der Waals surface area contributed by atoms with Crippen molar-refractivity contribution in [2.24, 2.45) is 0 Å². The second kappa shape index (κ2) is 7.26. The maximum Gasteiger partial charge on any atom is 0.242 e. The van der Waals surface area contributed by atoms with Gasteiger partial charge in [-0.15, -0.1) is 0 Å². The van der Waals surface area contributed by atoms with Gasteiger partial charge in [-0.1, -0.05) is 18.2 Å². The summed E-state index contributed by atoms with van der Waals surface area (Å²) < 4.78 is 7.25. The Balaban J connectivity index is 1.40. The number of methoxy groups -OCH3 is 1. The maximum absolute atomic E-state index is 12.7. The largest absolute Gasteiger partial charge is 0.481 e. The molecule has 7 nitrogen and oxygen atoms in total. The highest BCUT2D eigenvalue weighted by Gasteiger charge is 2.23. The first-order chi connectivity index (χ1) is 13.1. The number of aryl methyl sites for hydroxylation is 1. The molecular weight excluding hydrogens is 342 g/mol. The molecule has 3 aromatic rings. The Kier molecular flexibility index (Phi) is 4.66. The average molecular weight is 365 g/mol. The highest BCUT2D eigenvalue weighted by molar-refractivity contribution is 5.83. The summed E-state index contributed by atoms with van der Waals surface area (Å²) in [7, 11) is 1.60. The summed E-state index contributed by atoms with van der Waals surface area (Å²) >= 11 is 0. The van der Waals surface area contributed by atoms with Crippen LogP contribution in [0, 0.1) is 6.92 Å². The third-order valence-corrected chi connectivity index (χ3v) is 4.95. The molecule has 2 aromatic heterocycles. The number of hydrogen-bond donors (Lipinski definition) is 0. The predicted octanol–water partition coefficient (Wildman–Crippen LogP) is 2.10. The van der Waals surface area contributed by atoms with Crippen molar-refractivity contribution in [1.82, 2.24) is 19.4 Å². The van der Waals surface area contributed by atoms with Crippen molar-refractivity contribution in [3.63, 3.8) is 0 Å². The van der Waals surface area contributed by atoms with Crippen LogP contribution in [0.4, 0.5) is 5.82 Å². The first-order valence-corrected chi connectivity index (χ1v) is 9.10. The first-order valence-electron chi connectivity index (χ1n) is 9.10. The van der Waals surface area contributed by atoms with Crippen LogP contribution in [0.25, 0.3) is 10.9 Å². The van der Waals surface area contributed by atoms with Gasteiger partial charge in [0.2, 0.25) is 11.8 Å². The van der Waals surface area contributed by atoms with E-state index >= 15 is 0 Å². The number of carbonyl (C=O) groups excluding carboxylic acids is 1. The van der Waals surface area contributed by atoms with Crippen LogP contribution in [0.5, 0.6) is 5.88 Å². The fourth-order valence-electron chi connectivity index (χ4n) is 3.50. The van der Waals surface area contributed by atoms with Crippen molar-refractivity contribution in [2.75, 3.05) is 38.2 Å². The minimum Gasteiger partial charge on any atom is -0.481 e. The van der Waals surface area contributed by atoms with E-state index in [0.717, 1.165) is 29.8 Å². The van der Waals surface area contributed by atoms with Gasteiger partial charge in [0, 0.05) is 44.0 Å². The summed E-state index contributed by atoms with van der Waals surface area (Å²) in [5.41, 5.74) is 1.09. The van der Waals surface area contributed by atoms with Gasteiger partial charge in [-0.3, -0.25) is 4.79 Å². The molecule has 1 aliphatic rings. The SMILES string of the molecule is COc1cc(N2CCN(C(=O)Cn3ccc4ccccc43)CC2)nc(C)n1. The Hall–Kier alpha value is -3.09. The standard InChI is InChI=1S/C20H23N5O2/c1-15-21-18(13-19(22-15)27-2)23-9-11-24(12-10-23)20(26)14-25-8-7-16-5-3-4-6-17(16)25/h3-8,13H,9-12,14H2,1-2H3. The zero-order valence-corrected chi connectivity index (χ0v) is 15.6. The summed E-state index contributed by atoms with van der Waals surface area (Å²) in [5, 5.41) is 1.16. The fraction of sp³-hybridized carbons (Fsp3) is 0.350. The molecule has 0 radical (unpaired) electrons. The van der Waals surface area contributed by atoms with Crippen molar-refractivity contribution in [1.29, 1.82) is 0 Å². The summed E-state index contributed by atoms with van der Waals surface area (Å²) in [6, 6.07) is 12.0. The fourth-order valence-corrected chi connectivity index (χ4v) is 3.50. The number of hydrogen-bond acceptors (Lipinski definition) is 5. The van der Waals surface area contributed by atoms with Gasteiger partial charge < -0.3 is 19.1 Å². The summed E-state index contributed by atoms with van der Waals surface area (Å²) in [5.74, 6) is 2.24. The molecule has 0 spiro atoms. The Morgan fingerprint density at radius 3 is 2.67 bits per heavy atom. The number of aromatic nitrogens is 3. The Bertz CT molecular complexity index is 960. The molecule has 4 rings (SSSR count). The number of rotatable bonds is 4. The molecule has 7 heteroatoms.